The summed E-state index contributed by atoms with van der Waals surface area (Å²) < 4.78 is 32.6. The van der Waals surface area contributed by atoms with Crippen LogP contribution in [-0.4, -0.2) is 23.9 Å². The molecule has 1 saturated carbocycles. The predicted molar refractivity (Wildman–Crippen MR) is 78.1 cm³/mol. The highest BCUT2D eigenvalue weighted by atomic mass is 19.2. The topological polar surface area (TPSA) is 29.5 Å². The number of methoxy groups -OCH3 is 1. The van der Waals surface area contributed by atoms with Crippen molar-refractivity contribution in [3.05, 3.63) is 35.4 Å². The van der Waals surface area contributed by atoms with Gasteiger partial charge in [-0.3, -0.25) is 0 Å². The molecule has 1 aromatic carbocycles. The van der Waals surface area contributed by atoms with Gasteiger partial charge in [0.1, 0.15) is 0 Å². The van der Waals surface area contributed by atoms with Crippen molar-refractivity contribution in [3.8, 4) is 0 Å². The summed E-state index contributed by atoms with van der Waals surface area (Å²) >= 11 is 0. The zero-order valence-electron chi connectivity index (χ0n) is 13.0. The SMILES string of the molecule is COC1(C(O)Cc2cccc(F)c2F)CCC(C)(C)CC1. The third kappa shape index (κ3) is 3.43. The van der Waals surface area contributed by atoms with E-state index in [1.54, 1.807) is 7.11 Å². The molecule has 1 aliphatic carbocycles. The van der Waals surface area contributed by atoms with E-state index in [-0.39, 0.29) is 17.4 Å². The Labute approximate surface area is 125 Å². The fourth-order valence-corrected chi connectivity index (χ4v) is 3.12. The van der Waals surface area contributed by atoms with Crippen LogP contribution in [0.4, 0.5) is 8.78 Å². The van der Waals surface area contributed by atoms with Gasteiger partial charge in [-0.05, 0) is 42.7 Å². The van der Waals surface area contributed by atoms with Crippen molar-refractivity contribution in [2.45, 2.75) is 57.7 Å². The van der Waals surface area contributed by atoms with Gasteiger partial charge in [0.25, 0.3) is 0 Å². The van der Waals surface area contributed by atoms with E-state index < -0.39 is 23.3 Å². The standard InChI is InChI=1S/C17H24F2O2/c1-16(2)7-9-17(21-3,10-8-16)14(20)11-12-5-4-6-13(18)15(12)19/h4-6,14,20H,7-11H2,1-3H3. The van der Waals surface area contributed by atoms with Gasteiger partial charge in [0, 0.05) is 13.5 Å². The minimum atomic E-state index is -0.879. The normalized spacial score (nSPS) is 22.0. The van der Waals surface area contributed by atoms with Crippen molar-refractivity contribution in [1.29, 1.82) is 0 Å². The Hall–Kier alpha value is -1.00. The van der Waals surface area contributed by atoms with Gasteiger partial charge in [0.15, 0.2) is 11.6 Å². The number of hydrogen-bond acceptors (Lipinski definition) is 2. The Kier molecular flexibility index (Phi) is 4.69. The van der Waals surface area contributed by atoms with Gasteiger partial charge in [-0.15, -0.1) is 0 Å². The summed E-state index contributed by atoms with van der Waals surface area (Å²) in [6.07, 6.45) is 2.59. The highest BCUT2D eigenvalue weighted by molar-refractivity contribution is 5.20. The van der Waals surface area contributed by atoms with Gasteiger partial charge in [-0.2, -0.15) is 0 Å². The number of benzene rings is 1. The minimum Gasteiger partial charge on any atom is -0.390 e. The van der Waals surface area contributed by atoms with E-state index in [1.165, 1.54) is 12.1 Å². The van der Waals surface area contributed by atoms with Crippen molar-refractivity contribution in [1.82, 2.24) is 0 Å². The van der Waals surface area contributed by atoms with Gasteiger partial charge < -0.3 is 9.84 Å². The van der Waals surface area contributed by atoms with Crippen molar-refractivity contribution in [2.24, 2.45) is 5.41 Å². The second-order valence-corrected chi connectivity index (χ2v) is 6.87. The van der Waals surface area contributed by atoms with E-state index >= 15 is 0 Å². The molecule has 21 heavy (non-hydrogen) atoms. The van der Waals surface area contributed by atoms with Crippen LogP contribution in [-0.2, 0) is 11.2 Å². The monoisotopic (exact) mass is 298 g/mol. The third-order valence-corrected chi connectivity index (χ3v) is 4.91. The largest absolute Gasteiger partial charge is 0.390 e. The van der Waals surface area contributed by atoms with Crippen LogP contribution >= 0.6 is 0 Å². The maximum Gasteiger partial charge on any atom is 0.162 e. The number of hydrogen-bond donors (Lipinski definition) is 1. The molecular weight excluding hydrogens is 274 g/mol. The molecule has 0 spiro atoms. The van der Waals surface area contributed by atoms with Crippen molar-refractivity contribution in [3.63, 3.8) is 0 Å². The Morgan fingerprint density at radius 2 is 1.81 bits per heavy atom. The summed E-state index contributed by atoms with van der Waals surface area (Å²) in [7, 11) is 1.59. The number of ether oxygens (including phenoxy) is 1. The van der Waals surface area contributed by atoms with Gasteiger partial charge in [0.05, 0.1) is 11.7 Å². The fraction of sp³-hybridized carbons (Fsp3) is 0.647. The van der Waals surface area contributed by atoms with Crippen LogP contribution in [0.3, 0.4) is 0 Å². The summed E-state index contributed by atoms with van der Waals surface area (Å²) in [5.74, 6) is -1.75. The molecule has 4 heteroatoms. The molecule has 118 valence electrons. The lowest BCUT2D eigenvalue weighted by molar-refractivity contribution is -0.135. The molecule has 1 unspecified atom stereocenters. The van der Waals surface area contributed by atoms with Gasteiger partial charge in [0.2, 0.25) is 0 Å². The van der Waals surface area contributed by atoms with E-state index in [2.05, 4.69) is 13.8 Å². The maximum atomic E-state index is 13.8. The Balaban J connectivity index is 2.14. The molecule has 0 saturated heterocycles. The van der Waals surface area contributed by atoms with Gasteiger partial charge >= 0.3 is 0 Å². The van der Waals surface area contributed by atoms with E-state index in [4.69, 9.17) is 4.74 Å². The molecule has 2 nitrogen and oxygen atoms in total. The first-order valence-electron chi connectivity index (χ1n) is 7.46. The second-order valence-electron chi connectivity index (χ2n) is 6.87. The fourth-order valence-electron chi connectivity index (χ4n) is 3.12. The maximum absolute atomic E-state index is 13.8. The first-order chi connectivity index (χ1) is 9.80. The molecule has 2 rings (SSSR count). The molecule has 0 amide bonds. The predicted octanol–water partition coefficient (Wildman–Crippen LogP) is 3.85. The third-order valence-electron chi connectivity index (χ3n) is 4.91. The molecule has 0 aliphatic heterocycles. The molecule has 1 aromatic rings. The average Bonchev–Trinajstić information content (AvgIpc) is 2.44. The summed E-state index contributed by atoms with van der Waals surface area (Å²) in [6, 6.07) is 4.06. The molecule has 0 aromatic heterocycles. The van der Waals surface area contributed by atoms with E-state index in [0.717, 1.165) is 31.7 Å². The van der Waals surface area contributed by atoms with Crippen molar-refractivity contribution < 1.29 is 18.6 Å². The average molecular weight is 298 g/mol. The van der Waals surface area contributed by atoms with Gasteiger partial charge in [-0.1, -0.05) is 26.0 Å². The van der Waals surface area contributed by atoms with E-state index in [9.17, 15) is 13.9 Å². The van der Waals surface area contributed by atoms with E-state index in [0.29, 0.717) is 0 Å². The lowest BCUT2D eigenvalue weighted by Crippen LogP contribution is -2.49. The molecule has 1 aliphatic rings. The van der Waals surface area contributed by atoms with Crippen LogP contribution in [0.5, 0.6) is 0 Å². The molecule has 0 bridgehead atoms. The number of halogens is 2. The first-order valence-corrected chi connectivity index (χ1v) is 7.46. The summed E-state index contributed by atoms with van der Waals surface area (Å²) in [5, 5.41) is 10.5. The Morgan fingerprint density at radius 3 is 2.38 bits per heavy atom. The zero-order valence-corrected chi connectivity index (χ0v) is 13.0. The molecule has 1 atom stereocenters. The van der Waals surface area contributed by atoms with Crippen molar-refractivity contribution >= 4 is 0 Å². The summed E-state index contributed by atoms with van der Waals surface area (Å²) in [4.78, 5) is 0. The highest BCUT2D eigenvalue weighted by Crippen LogP contribution is 2.44. The smallest absolute Gasteiger partial charge is 0.162 e. The molecule has 1 fully saturated rings. The van der Waals surface area contributed by atoms with Crippen LogP contribution in [0.25, 0.3) is 0 Å². The van der Waals surface area contributed by atoms with Crippen molar-refractivity contribution in [2.75, 3.05) is 7.11 Å². The molecule has 0 heterocycles. The van der Waals surface area contributed by atoms with Crippen LogP contribution in [0.2, 0.25) is 0 Å². The van der Waals surface area contributed by atoms with E-state index in [1.807, 2.05) is 0 Å². The van der Waals surface area contributed by atoms with Gasteiger partial charge in [-0.25, -0.2) is 8.78 Å². The Bertz CT molecular complexity index is 490. The molecule has 1 N–H and O–H groups in total. The molecule has 0 radical (unpaired) electrons. The van der Waals surface area contributed by atoms with Crippen LogP contribution in [0.1, 0.15) is 45.1 Å². The molecular formula is C17H24F2O2. The lowest BCUT2D eigenvalue weighted by atomic mass is 9.68. The Morgan fingerprint density at radius 1 is 1.19 bits per heavy atom. The van der Waals surface area contributed by atoms with Crippen LogP contribution in [0.15, 0.2) is 18.2 Å². The van der Waals surface area contributed by atoms with Crippen LogP contribution < -0.4 is 0 Å². The second kappa shape index (κ2) is 6.01. The number of aliphatic hydroxyl groups excluding tert-OH is 1. The number of aliphatic hydroxyl groups is 1. The minimum absolute atomic E-state index is 0.0673. The first kappa shape index (κ1) is 16.4. The lowest BCUT2D eigenvalue weighted by Gasteiger charge is -2.45. The summed E-state index contributed by atoms with van der Waals surface area (Å²) in [6.45, 7) is 4.40. The highest BCUT2D eigenvalue weighted by Gasteiger charge is 2.43. The number of rotatable bonds is 4. The quantitative estimate of drug-likeness (QED) is 0.915. The zero-order chi connectivity index (χ0) is 15.7. The summed E-state index contributed by atoms with van der Waals surface area (Å²) in [5.41, 5.74) is -0.219. The van der Waals surface area contributed by atoms with Crippen LogP contribution in [0, 0.1) is 17.0 Å².